The van der Waals surface area contributed by atoms with Crippen molar-refractivity contribution in [3.63, 3.8) is 0 Å². The minimum atomic E-state index is -0.893. The fourth-order valence-corrected chi connectivity index (χ4v) is 2.37. The summed E-state index contributed by atoms with van der Waals surface area (Å²) in [5.74, 6) is -0.816. The van der Waals surface area contributed by atoms with Crippen molar-refractivity contribution in [3.05, 3.63) is 64.7 Å². The molecular formula is C17H17ClO3. The van der Waals surface area contributed by atoms with Gasteiger partial charge in [0.2, 0.25) is 0 Å². The highest BCUT2D eigenvalue weighted by atomic mass is 35.5. The average Bonchev–Trinajstić information content (AvgIpc) is 2.46. The minimum Gasteiger partial charge on any atom is -0.494 e. The van der Waals surface area contributed by atoms with E-state index in [0.717, 1.165) is 11.3 Å². The lowest BCUT2D eigenvalue weighted by atomic mass is 9.96. The summed E-state index contributed by atoms with van der Waals surface area (Å²) in [7, 11) is 0. The van der Waals surface area contributed by atoms with E-state index in [2.05, 4.69) is 0 Å². The fraction of sp³-hybridized carbons (Fsp3) is 0.235. The van der Waals surface area contributed by atoms with Gasteiger partial charge in [-0.25, -0.2) is 0 Å². The molecule has 1 unspecified atom stereocenters. The number of ether oxygens (including phenoxy) is 1. The van der Waals surface area contributed by atoms with Crippen LogP contribution in [0.15, 0.2) is 48.5 Å². The molecular weight excluding hydrogens is 288 g/mol. The van der Waals surface area contributed by atoms with Crippen LogP contribution in [0.1, 0.15) is 23.5 Å². The van der Waals surface area contributed by atoms with E-state index in [9.17, 15) is 9.90 Å². The van der Waals surface area contributed by atoms with Crippen LogP contribution < -0.4 is 4.74 Å². The summed E-state index contributed by atoms with van der Waals surface area (Å²) < 4.78 is 5.60. The van der Waals surface area contributed by atoms with Crippen LogP contribution in [0.3, 0.4) is 0 Å². The maximum Gasteiger partial charge on any atom is 0.311 e. The zero-order valence-electron chi connectivity index (χ0n) is 11.8. The van der Waals surface area contributed by atoms with Crippen LogP contribution in [-0.4, -0.2) is 17.7 Å². The van der Waals surface area contributed by atoms with Crippen LogP contribution in [0.25, 0.3) is 0 Å². The number of aryl methyl sites for hydroxylation is 1. The maximum atomic E-state index is 11.4. The molecule has 1 N–H and O–H groups in total. The Morgan fingerprint density at radius 3 is 2.48 bits per heavy atom. The predicted molar refractivity (Wildman–Crippen MR) is 83.1 cm³/mol. The first-order valence-electron chi connectivity index (χ1n) is 6.74. The van der Waals surface area contributed by atoms with Gasteiger partial charge in [0.25, 0.3) is 0 Å². The molecule has 3 nitrogen and oxygen atoms in total. The first-order valence-corrected chi connectivity index (χ1v) is 7.12. The molecule has 2 aromatic carbocycles. The number of carbonyl (C=O) groups is 1. The topological polar surface area (TPSA) is 46.5 Å². The number of benzene rings is 2. The van der Waals surface area contributed by atoms with E-state index in [4.69, 9.17) is 16.3 Å². The van der Waals surface area contributed by atoms with Crippen molar-refractivity contribution in [2.75, 3.05) is 6.61 Å². The fourth-order valence-electron chi connectivity index (χ4n) is 2.10. The first-order chi connectivity index (χ1) is 10.1. The Labute approximate surface area is 129 Å². The predicted octanol–water partition coefficient (Wildman–Crippen LogP) is 4.29. The third-order valence-electron chi connectivity index (χ3n) is 3.27. The molecule has 0 heterocycles. The second-order valence-electron chi connectivity index (χ2n) is 4.86. The standard InChI is InChI=1S/C17H17ClO3/c1-12-6-8-13(9-7-12)21-11-10-15(17(19)20)14-4-2-3-5-16(14)18/h2-9,15H,10-11H2,1H3,(H,19,20). The molecule has 0 amide bonds. The van der Waals surface area contributed by atoms with Crippen molar-refractivity contribution in [2.45, 2.75) is 19.3 Å². The third kappa shape index (κ3) is 4.23. The number of halogens is 1. The molecule has 0 aliphatic carbocycles. The van der Waals surface area contributed by atoms with E-state index in [0.29, 0.717) is 23.6 Å². The molecule has 0 aromatic heterocycles. The molecule has 2 rings (SSSR count). The lowest BCUT2D eigenvalue weighted by Crippen LogP contribution is -2.15. The average molecular weight is 305 g/mol. The van der Waals surface area contributed by atoms with E-state index >= 15 is 0 Å². The minimum absolute atomic E-state index is 0.325. The second-order valence-corrected chi connectivity index (χ2v) is 5.27. The molecule has 0 spiro atoms. The Morgan fingerprint density at radius 1 is 1.19 bits per heavy atom. The smallest absolute Gasteiger partial charge is 0.311 e. The van der Waals surface area contributed by atoms with Crippen molar-refractivity contribution in [2.24, 2.45) is 0 Å². The molecule has 0 aliphatic heterocycles. The summed E-state index contributed by atoms with van der Waals surface area (Å²) in [6.07, 6.45) is 0.368. The van der Waals surface area contributed by atoms with Crippen LogP contribution in [-0.2, 0) is 4.79 Å². The number of carboxylic acids is 1. The van der Waals surface area contributed by atoms with Gasteiger partial charge in [0.1, 0.15) is 5.75 Å². The summed E-state index contributed by atoms with van der Waals surface area (Å²) in [6.45, 7) is 2.33. The largest absolute Gasteiger partial charge is 0.494 e. The van der Waals surface area contributed by atoms with Crippen LogP contribution in [0, 0.1) is 6.92 Å². The number of hydrogen-bond acceptors (Lipinski definition) is 2. The van der Waals surface area contributed by atoms with Crippen LogP contribution >= 0.6 is 11.6 Å². The van der Waals surface area contributed by atoms with Gasteiger partial charge in [-0.05, 0) is 37.1 Å². The van der Waals surface area contributed by atoms with Crippen molar-refractivity contribution < 1.29 is 14.6 Å². The monoisotopic (exact) mass is 304 g/mol. The van der Waals surface area contributed by atoms with Gasteiger partial charge in [0.15, 0.2) is 0 Å². The van der Waals surface area contributed by atoms with Gasteiger partial charge in [-0.2, -0.15) is 0 Å². The van der Waals surface area contributed by atoms with Gasteiger partial charge in [-0.1, -0.05) is 47.5 Å². The maximum absolute atomic E-state index is 11.4. The molecule has 0 saturated carbocycles. The first kappa shape index (κ1) is 15.4. The number of carboxylic acid groups (broad SMARTS) is 1. The van der Waals surface area contributed by atoms with Crippen molar-refractivity contribution >= 4 is 17.6 Å². The Kier molecular flexibility index (Phi) is 5.23. The Morgan fingerprint density at radius 2 is 1.86 bits per heavy atom. The van der Waals surface area contributed by atoms with Gasteiger partial charge in [0, 0.05) is 5.02 Å². The van der Waals surface area contributed by atoms with E-state index in [1.165, 1.54) is 0 Å². The lowest BCUT2D eigenvalue weighted by molar-refractivity contribution is -0.139. The summed E-state index contributed by atoms with van der Waals surface area (Å²) >= 11 is 6.07. The number of rotatable bonds is 6. The molecule has 0 bridgehead atoms. The molecule has 0 radical (unpaired) electrons. The lowest BCUT2D eigenvalue weighted by Gasteiger charge is -2.15. The van der Waals surface area contributed by atoms with Crippen molar-refractivity contribution in [1.29, 1.82) is 0 Å². The molecule has 4 heteroatoms. The molecule has 110 valence electrons. The zero-order valence-corrected chi connectivity index (χ0v) is 12.5. The molecule has 21 heavy (non-hydrogen) atoms. The highest BCUT2D eigenvalue weighted by molar-refractivity contribution is 6.31. The molecule has 0 saturated heterocycles. The van der Waals surface area contributed by atoms with Gasteiger partial charge < -0.3 is 9.84 Å². The van der Waals surface area contributed by atoms with E-state index in [1.54, 1.807) is 24.3 Å². The highest BCUT2D eigenvalue weighted by Gasteiger charge is 2.22. The number of hydrogen-bond donors (Lipinski definition) is 1. The van der Waals surface area contributed by atoms with E-state index in [-0.39, 0.29) is 0 Å². The molecule has 0 fully saturated rings. The van der Waals surface area contributed by atoms with Crippen molar-refractivity contribution in [3.8, 4) is 5.75 Å². The normalized spacial score (nSPS) is 11.9. The van der Waals surface area contributed by atoms with Crippen LogP contribution in [0.4, 0.5) is 0 Å². The Hall–Kier alpha value is -2.00. The van der Waals surface area contributed by atoms with Crippen molar-refractivity contribution in [1.82, 2.24) is 0 Å². The molecule has 0 aliphatic rings. The van der Waals surface area contributed by atoms with E-state index in [1.807, 2.05) is 31.2 Å². The van der Waals surface area contributed by atoms with Crippen LogP contribution in [0.5, 0.6) is 5.75 Å². The Balaban J connectivity index is 2.00. The zero-order chi connectivity index (χ0) is 15.2. The number of aliphatic carboxylic acids is 1. The summed E-state index contributed by atoms with van der Waals surface area (Å²) in [5, 5.41) is 9.84. The summed E-state index contributed by atoms with van der Waals surface area (Å²) in [4.78, 5) is 11.4. The van der Waals surface area contributed by atoms with Crippen LogP contribution in [0.2, 0.25) is 5.02 Å². The molecule has 1 atom stereocenters. The van der Waals surface area contributed by atoms with Gasteiger partial charge in [-0.15, -0.1) is 0 Å². The SMILES string of the molecule is Cc1ccc(OCCC(C(=O)O)c2ccccc2Cl)cc1. The second kappa shape index (κ2) is 7.14. The summed E-state index contributed by atoms with van der Waals surface area (Å²) in [6, 6.07) is 14.7. The van der Waals surface area contributed by atoms with Gasteiger partial charge in [0.05, 0.1) is 12.5 Å². The highest BCUT2D eigenvalue weighted by Crippen LogP contribution is 2.27. The van der Waals surface area contributed by atoms with Gasteiger partial charge in [-0.3, -0.25) is 4.79 Å². The third-order valence-corrected chi connectivity index (χ3v) is 3.62. The van der Waals surface area contributed by atoms with E-state index < -0.39 is 11.9 Å². The summed E-state index contributed by atoms with van der Waals surface area (Å²) in [5.41, 5.74) is 1.78. The Bertz CT molecular complexity index is 608. The molecule has 2 aromatic rings. The van der Waals surface area contributed by atoms with Gasteiger partial charge >= 0.3 is 5.97 Å². The quantitative estimate of drug-likeness (QED) is 0.866.